The van der Waals surface area contributed by atoms with Gasteiger partial charge in [0.15, 0.2) is 0 Å². The van der Waals surface area contributed by atoms with Crippen molar-refractivity contribution in [3.05, 3.63) is 45.0 Å². The highest BCUT2D eigenvalue weighted by atomic mass is 127. The lowest BCUT2D eigenvalue weighted by Crippen LogP contribution is -2.31. The average Bonchev–Trinajstić information content (AvgIpc) is 2.82. The molecule has 1 atom stereocenters. The van der Waals surface area contributed by atoms with Gasteiger partial charge in [0.2, 0.25) is 0 Å². The van der Waals surface area contributed by atoms with Crippen LogP contribution in [-0.2, 0) is 6.54 Å². The third-order valence-corrected chi connectivity index (χ3v) is 3.75. The summed E-state index contributed by atoms with van der Waals surface area (Å²) in [5.74, 6) is 5.39. The first-order chi connectivity index (χ1) is 9.17. The molecule has 0 saturated heterocycles. The van der Waals surface area contributed by atoms with Gasteiger partial charge in [0.25, 0.3) is 0 Å². The fourth-order valence-electron chi connectivity index (χ4n) is 1.94. The van der Waals surface area contributed by atoms with E-state index in [4.69, 9.17) is 5.84 Å². The molecule has 1 heterocycles. The van der Waals surface area contributed by atoms with Gasteiger partial charge in [-0.2, -0.15) is 0 Å². The Labute approximate surface area is 124 Å². The fourth-order valence-corrected chi connectivity index (χ4v) is 2.73. The zero-order valence-corrected chi connectivity index (χ0v) is 12.6. The molecule has 1 unspecified atom stereocenters. The number of benzene rings is 1. The van der Waals surface area contributed by atoms with Gasteiger partial charge < -0.3 is 0 Å². The molecule has 1 aromatic carbocycles. The normalized spacial score (nSPS) is 12.6. The van der Waals surface area contributed by atoms with Crippen LogP contribution in [0.4, 0.5) is 4.39 Å². The molecule has 0 fully saturated rings. The van der Waals surface area contributed by atoms with Gasteiger partial charge in [-0.15, -0.1) is 5.10 Å². The van der Waals surface area contributed by atoms with Crippen LogP contribution >= 0.6 is 22.6 Å². The Hall–Kier alpha value is -1.06. The first-order valence-corrected chi connectivity index (χ1v) is 7.04. The standard InChI is InChI=1S/C12H15FIN5/c1-2-5-19-11(7-16-18-19)12(17-15)9-4-3-8(13)6-10(9)14/h3-4,6-7,12,17H,2,5,15H2,1H3. The van der Waals surface area contributed by atoms with Gasteiger partial charge in [-0.25, -0.2) is 14.5 Å². The zero-order valence-electron chi connectivity index (χ0n) is 10.5. The quantitative estimate of drug-likeness (QED) is 0.477. The molecule has 19 heavy (non-hydrogen) atoms. The summed E-state index contributed by atoms with van der Waals surface area (Å²) in [5.41, 5.74) is 4.53. The first-order valence-electron chi connectivity index (χ1n) is 5.96. The molecule has 0 radical (unpaired) electrons. The third kappa shape index (κ3) is 3.10. The number of nitrogens with two attached hydrogens (primary N) is 1. The summed E-state index contributed by atoms with van der Waals surface area (Å²) in [7, 11) is 0. The Morgan fingerprint density at radius 3 is 2.95 bits per heavy atom. The Morgan fingerprint density at radius 2 is 2.32 bits per heavy atom. The van der Waals surface area contributed by atoms with E-state index < -0.39 is 0 Å². The summed E-state index contributed by atoms with van der Waals surface area (Å²) < 4.78 is 15.8. The monoisotopic (exact) mass is 375 g/mol. The van der Waals surface area contributed by atoms with Gasteiger partial charge in [0.05, 0.1) is 17.9 Å². The van der Waals surface area contributed by atoms with E-state index in [0.717, 1.165) is 27.8 Å². The van der Waals surface area contributed by atoms with E-state index >= 15 is 0 Å². The second-order valence-corrected chi connectivity index (χ2v) is 5.31. The topological polar surface area (TPSA) is 68.8 Å². The molecule has 0 aliphatic rings. The van der Waals surface area contributed by atoms with E-state index in [-0.39, 0.29) is 11.9 Å². The number of aryl methyl sites for hydroxylation is 1. The molecule has 0 amide bonds. The smallest absolute Gasteiger partial charge is 0.124 e. The van der Waals surface area contributed by atoms with E-state index in [9.17, 15) is 4.39 Å². The van der Waals surface area contributed by atoms with Gasteiger partial charge in [-0.05, 0) is 46.7 Å². The largest absolute Gasteiger partial charge is 0.271 e. The van der Waals surface area contributed by atoms with Crippen molar-refractivity contribution in [2.24, 2.45) is 5.84 Å². The molecular formula is C12H15FIN5. The maximum absolute atomic E-state index is 13.2. The fraction of sp³-hybridized carbons (Fsp3) is 0.333. The van der Waals surface area contributed by atoms with Crippen molar-refractivity contribution in [2.45, 2.75) is 25.9 Å². The van der Waals surface area contributed by atoms with Gasteiger partial charge >= 0.3 is 0 Å². The highest BCUT2D eigenvalue weighted by Crippen LogP contribution is 2.25. The maximum atomic E-state index is 13.2. The third-order valence-electron chi connectivity index (χ3n) is 2.82. The molecule has 7 heteroatoms. The lowest BCUT2D eigenvalue weighted by atomic mass is 10.0. The molecule has 0 aliphatic heterocycles. The lowest BCUT2D eigenvalue weighted by molar-refractivity contribution is 0.510. The molecule has 0 saturated carbocycles. The minimum absolute atomic E-state index is 0.256. The molecule has 0 aliphatic carbocycles. The molecule has 102 valence electrons. The summed E-state index contributed by atoms with van der Waals surface area (Å²) in [4.78, 5) is 0. The first kappa shape index (κ1) is 14.4. The van der Waals surface area contributed by atoms with Crippen molar-refractivity contribution in [3.8, 4) is 0 Å². The summed E-state index contributed by atoms with van der Waals surface area (Å²) in [5, 5.41) is 7.97. The molecule has 3 N–H and O–H groups in total. The molecule has 5 nitrogen and oxygen atoms in total. The number of rotatable bonds is 5. The van der Waals surface area contributed by atoms with Crippen molar-refractivity contribution >= 4 is 22.6 Å². The SMILES string of the molecule is CCCn1nncc1C(NN)c1ccc(F)cc1I. The number of aromatic nitrogens is 3. The van der Waals surface area contributed by atoms with Gasteiger partial charge in [-0.3, -0.25) is 5.84 Å². The Balaban J connectivity index is 2.41. The Bertz CT molecular complexity index is 557. The van der Waals surface area contributed by atoms with Gasteiger partial charge in [0, 0.05) is 10.1 Å². The van der Waals surface area contributed by atoms with E-state index in [1.54, 1.807) is 12.3 Å². The van der Waals surface area contributed by atoms with E-state index in [2.05, 4.69) is 45.3 Å². The number of nitrogens with one attached hydrogen (secondary N) is 1. The van der Waals surface area contributed by atoms with E-state index in [0.29, 0.717) is 0 Å². The van der Waals surface area contributed by atoms with Crippen LogP contribution in [0.25, 0.3) is 0 Å². The molecule has 0 bridgehead atoms. The van der Waals surface area contributed by atoms with Crippen LogP contribution in [0.2, 0.25) is 0 Å². The maximum Gasteiger partial charge on any atom is 0.124 e. The van der Waals surface area contributed by atoms with E-state index in [1.807, 2.05) is 4.68 Å². The average molecular weight is 375 g/mol. The van der Waals surface area contributed by atoms with Crippen LogP contribution in [0.5, 0.6) is 0 Å². The minimum Gasteiger partial charge on any atom is -0.271 e. The molecule has 2 aromatic rings. The molecule has 2 rings (SSSR count). The summed E-state index contributed by atoms with van der Waals surface area (Å²) in [6, 6.07) is 4.38. The summed E-state index contributed by atoms with van der Waals surface area (Å²) in [6.07, 6.45) is 2.63. The van der Waals surface area contributed by atoms with Crippen molar-refractivity contribution < 1.29 is 4.39 Å². The number of halogens is 2. The van der Waals surface area contributed by atoms with Crippen LogP contribution in [0, 0.1) is 9.39 Å². The second-order valence-electron chi connectivity index (χ2n) is 4.15. The van der Waals surface area contributed by atoms with Gasteiger partial charge in [0.1, 0.15) is 5.82 Å². The predicted octanol–water partition coefficient (Wildman–Crippen LogP) is 1.98. The molecular weight excluding hydrogens is 360 g/mol. The zero-order chi connectivity index (χ0) is 13.8. The molecule has 1 aromatic heterocycles. The Kier molecular flexibility index (Phi) is 4.83. The minimum atomic E-state index is -0.260. The number of nitrogens with zero attached hydrogens (tertiary/aromatic N) is 3. The van der Waals surface area contributed by atoms with Crippen molar-refractivity contribution in [1.29, 1.82) is 0 Å². The van der Waals surface area contributed by atoms with Crippen molar-refractivity contribution in [2.75, 3.05) is 0 Å². The van der Waals surface area contributed by atoms with Crippen LogP contribution in [-0.4, -0.2) is 15.0 Å². The summed E-state index contributed by atoms with van der Waals surface area (Å²) in [6.45, 7) is 2.84. The predicted molar refractivity (Wildman–Crippen MR) is 78.6 cm³/mol. The van der Waals surface area contributed by atoms with Crippen LogP contribution < -0.4 is 11.3 Å². The van der Waals surface area contributed by atoms with Crippen molar-refractivity contribution in [1.82, 2.24) is 20.4 Å². The lowest BCUT2D eigenvalue weighted by Gasteiger charge is -2.18. The van der Waals surface area contributed by atoms with Gasteiger partial charge in [-0.1, -0.05) is 18.2 Å². The van der Waals surface area contributed by atoms with Crippen LogP contribution in [0.3, 0.4) is 0 Å². The van der Waals surface area contributed by atoms with E-state index in [1.165, 1.54) is 12.1 Å². The number of hydrazine groups is 1. The molecule has 0 spiro atoms. The number of hydrogen-bond acceptors (Lipinski definition) is 4. The van der Waals surface area contributed by atoms with Crippen LogP contribution in [0.1, 0.15) is 30.6 Å². The highest BCUT2D eigenvalue weighted by Gasteiger charge is 2.20. The second kappa shape index (κ2) is 6.40. The number of hydrogen-bond donors (Lipinski definition) is 2. The summed E-state index contributed by atoms with van der Waals surface area (Å²) >= 11 is 2.10. The van der Waals surface area contributed by atoms with Crippen molar-refractivity contribution in [3.63, 3.8) is 0 Å². The highest BCUT2D eigenvalue weighted by molar-refractivity contribution is 14.1. The Morgan fingerprint density at radius 1 is 1.53 bits per heavy atom. The van der Waals surface area contributed by atoms with Crippen LogP contribution in [0.15, 0.2) is 24.4 Å².